The van der Waals surface area contributed by atoms with Gasteiger partial charge in [-0.2, -0.15) is 4.98 Å². The summed E-state index contributed by atoms with van der Waals surface area (Å²) in [5, 5.41) is 3.93. The van der Waals surface area contributed by atoms with Gasteiger partial charge in [0.05, 0.1) is 19.8 Å². The van der Waals surface area contributed by atoms with Gasteiger partial charge >= 0.3 is 0 Å². The van der Waals surface area contributed by atoms with E-state index in [2.05, 4.69) is 10.1 Å². The van der Waals surface area contributed by atoms with Crippen molar-refractivity contribution in [1.82, 2.24) is 10.1 Å². The molecule has 2 fully saturated rings. The van der Waals surface area contributed by atoms with Crippen molar-refractivity contribution in [1.29, 1.82) is 0 Å². The summed E-state index contributed by atoms with van der Waals surface area (Å²) >= 11 is 0. The molecule has 0 saturated carbocycles. The number of aromatic nitrogens is 2. The van der Waals surface area contributed by atoms with Gasteiger partial charge in [0, 0.05) is 18.9 Å². The highest BCUT2D eigenvalue weighted by atomic mass is 16.5. The molecule has 0 aliphatic carbocycles. The summed E-state index contributed by atoms with van der Waals surface area (Å²) in [6.45, 7) is 2.21. The van der Waals surface area contributed by atoms with Crippen molar-refractivity contribution < 1.29 is 18.8 Å². The summed E-state index contributed by atoms with van der Waals surface area (Å²) in [5.74, 6) is 0.973. The molecule has 0 radical (unpaired) electrons. The van der Waals surface area contributed by atoms with Gasteiger partial charge in [-0.1, -0.05) is 5.16 Å². The van der Waals surface area contributed by atoms with Crippen LogP contribution < -0.4 is 0 Å². The zero-order chi connectivity index (χ0) is 11.7. The number of carbonyl (C=O) groups is 1. The molecule has 3 rings (SSSR count). The predicted octanol–water partition coefficient (Wildman–Crippen LogP) is 0.646. The molecule has 92 valence electrons. The smallest absolute Gasteiger partial charge is 0.239 e. The van der Waals surface area contributed by atoms with Gasteiger partial charge in [0.15, 0.2) is 5.82 Å². The molecule has 6 nitrogen and oxygen atoms in total. The summed E-state index contributed by atoms with van der Waals surface area (Å²) < 4.78 is 15.7. The SMILES string of the molecule is O=C1CCOCC1c1nc(C2CCOC2)no1. The number of Topliss-reactive ketones (excluding diaryl/α,β-unsaturated/α-hetero) is 1. The molecular formula is C11H14N2O4. The van der Waals surface area contributed by atoms with Crippen LogP contribution in [0.2, 0.25) is 0 Å². The van der Waals surface area contributed by atoms with Crippen LogP contribution in [-0.2, 0) is 14.3 Å². The molecule has 0 amide bonds. The third-order valence-corrected chi connectivity index (χ3v) is 3.22. The number of rotatable bonds is 2. The summed E-state index contributed by atoms with van der Waals surface area (Å²) in [4.78, 5) is 16.0. The first kappa shape index (κ1) is 10.9. The second-order valence-corrected chi connectivity index (χ2v) is 4.40. The maximum atomic E-state index is 11.7. The van der Waals surface area contributed by atoms with Crippen molar-refractivity contribution >= 4 is 5.78 Å². The number of carbonyl (C=O) groups excluding carboxylic acids is 1. The molecule has 1 aromatic heterocycles. The minimum atomic E-state index is -0.382. The largest absolute Gasteiger partial charge is 0.381 e. The highest BCUT2D eigenvalue weighted by molar-refractivity contribution is 5.85. The number of nitrogens with zero attached hydrogens (tertiary/aromatic N) is 2. The Bertz CT molecular complexity index is 411. The molecule has 0 bridgehead atoms. The lowest BCUT2D eigenvalue weighted by atomic mass is 10.0. The van der Waals surface area contributed by atoms with Gasteiger partial charge in [0.2, 0.25) is 5.89 Å². The van der Waals surface area contributed by atoms with E-state index in [4.69, 9.17) is 14.0 Å². The van der Waals surface area contributed by atoms with E-state index in [-0.39, 0.29) is 17.6 Å². The zero-order valence-corrected chi connectivity index (χ0v) is 9.42. The summed E-state index contributed by atoms with van der Waals surface area (Å²) in [6.07, 6.45) is 1.34. The lowest BCUT2D eigenvalue weighted by molar-refractivity contribution is -0.127. The van der Waals surface area contributed by atoms with Gasteiger partial charge in [0.1, 0.15) is 11.7 Å². The minimum Gasteiger partial charge on any atom is -0.381 e. The van der Waals surface area contributed by atoms with Gasteiger partial charge in [-0.15, -0.1) is 0 Å². The van der Waals surface area contributed by atoms with Crippen LogP contribution in [0.1, 0.15) is 36.4 Å². The molecular weight excluding hydrogens is 224 g/mol. The van der Waals surface area contributed by atoms with E-state index < -0.39 is 0 Å². The van der Waals surface area contributed by atoms with Gasteiger partial charge in [-0.25, -0.2) is 0 Å². The van der Waals surface area contributed by atoms with Crippen LogP contribution in [0.5, 0.6) is 0 Å². The summed E-state index contributed by atoms with van der Waals surface area (Å²) in [5.41, 5.74) is 0. The molecule has 6 heteroatoms. The molecule has 0 aromatic carbocycles. The summed E-state index contributed by atoms with van der Waals surface area (Å²) in [6, 6.07) is 0. The monoisotopic (exact) mass is 238 g/mol. The van der Waals surface area contributed by atoms with E-state index in [0.717, 1.165) is 13.0 Å². The van der Waals surface area contributed by atoms with E-state index >= 15 is 0 Å². The first-order valence-electron chi connectivity index (χ1n) is 5.86. The highest BCUT2D eigenvalue weighted by Gasteiger charge is 2.31. The number of ether oxygens (including phenoxy) is 2. The van der Waals surface area contributed by atoms with Gasteiger partial charge in [-0.05, 0) is 6.42 Å². The third kappa shape index (κ3) is 2.10. The molecule has 0 spiro atoms. The maximum absolute atomic E-state index is 11.7. The number of hydrogen-bond donors (Lipinski definition) is 0. The zero-order valence-electron chi connectivity index (χ0n) is 9.42. The molecule has 17 heavy (non-hydrogen) atoms. The van der Waals surface area contributed by atoms with Crippen LogP contribution in [0.15, 0.2) is 4.52 Å². The quantitative estimate of drug-likeness (QED) is 0.753. The van der Waals surface area contributed by atoms with Crippen LogP contribution in [0.4, 0.5) is 0 Å². The fraction of sp³-hybridized carbons (Fsp3) is 0.727. The van der Waals surface area contributed by atoms with Crippen molar-refractivity contribution in [3.8, 4) is 0 Å². The van der Waals surface area contributed by atoms with E-state index in [1.54, 1.807) is 0 Å². The van der Waals surface area contributed by atoms with Crippen LogP contribution in [0, 0.1) is 0 Å². The van der Waals surface area contributed by atoms with E-state index in [1.807, 2.05) is 0 Å². The average Bonchev–Trinajstić information content (AvgIpc) is 3.00. The molecule has 2 unspecified atom stereocenters. The Hall–Kier alpha value is -1.27. The van der Waals surface area contributed by atoms with Crippen molar-refractivity contribution in [2.75, 3.05) is 26.4 Å². The van der Waals surface area contributed by atoms with Crippen LogP contribution in [0.25, 0.3) is 0 Å². The maximum Gasteiger partial charge on any atom is 0.239 e. The first-order chi connectivity index (χ1) is 8.34. The van der Waals surface area contributed by atoms with Crippen molar-refractivity contribution in [3.63, 3.8) is 0 Å². The fourth-order valence-corrected chi connectivity index (χ4v) is 2.14. The number of ketones is 1. The lowest BCUT2D eigenvalue weighted by Gasteiger charge is -2.17. The Kier molecular flexibility index (Phi) is 2.90. The predicted molar refractivity (Wildman–Crippen MR) is 55.7 cm³/mol. The van der Waals surface area contributed by atoms with Crippen molar-refractivity contribution in [2.24, 2.45) is 0 Å². The summed E-state index contributed by atoms with van der Waals surface area (Å²) in [7, 11) is 0. The molecule has 2 aliphatic heterocycles. The topological polar surface area (TPSA) is 74.5 Å². The second kappa shape index (κ2) is 4.54. The Balaban J connectivity index is 1.76. The van der Waals surface area contributed by atoms with Gasteiger partial charge in [0.25, 0.3) is 0 Å². The molecule has 0 N–H and O–H groups in total. The van der Waals surface area contributed by atoms with Gasteiger partial charge in [-0.3, -0.25) is 4.79 Å². The minimum absolute atomic E-state index is 0.120. The van der Waals surface area contributed by atoms with Gasteiger partial charge < -0.3 is 14.0 Å². The Morgan fingerprint density at radius 1 is 1.18 bits per heavy atom. The first-order valence-corrected chi connectivity index (χ1v) is 5.86. The van der Waals surface area contributed by atoms with E-state index in [1.165, 1.54) is 0 Å². The molecule has 2 atom stereocenters. The molecule has 2 aliphatic rings. The van der Waals surface area contributed by atoms with Crippen LogP contribution in [0.3, 0.4) is 0 Å². The molecule has 1 aromatic rings. The molecule has 2 saturated heterocycles. The highest BCUT2D eigenvalue weighted by Crippen LogP contribution is 2.26. The second-order valence-electron chi connectivity index (χ2n) is 4.40. The number of hydrogen-bond acceptors (Lipinski definition) is 6. The Morgan fingerprint density at radius 2 is 2.06 bits per heavy atom. The normalized spacial score (nSPS) is 29.8. The van der Waals surface area contributed by atoms with Crippen molar-refractivity contribution in [2.45, 2.75) is 24.7 Å². The molecule has 3 heterocycles. The van der Waals surface area contributed by atoms with E-state index in [0.29, 0.717) is 38.0 Å². The van der Waals surface area contributed by atoms with Crippen LogP contribution in [-0.4, -0.2) is 42.4 Å². The van der Waals surface area contributed by atoms with E-state index in [9.17, 15) is 4.79 Å². The Labute approximate surface area is 98.3 Å². The standard InChI is InChI=1S/C11H14N2O4/c14-9-2-4-16-6-8(9)11-12-10(13-17-11)7-1-3-15-5-7/h7-8H,1-6H2. The third-order valence-electron chi connectivity index (χ3n) is 3.22. The fourth-order valence-electron chi connectivity index (χ4n) is 2.14. The van der Waals surface area contributed by atoms with Crippen LogP contribution >= 0.6 is 0 Å². The average molecular weight is 238 g/mol. The van der Waals surface area contributed by atoms with Crippen molar-refractivity contribution in [3.05, 3.63) is 11.7 Å². The lowest BCUT2D eigenvalue weighted by Crippen LogP contribution is -2.25. The Morgan fingerprint density at radius 3 is 2.82 bits per heavy atom.